The summed E-state index contributed by atoms with van der Waals surface area (Å²) in [5.41, 5.74) is 2.41. The monoisotopic (exact) mass is 377 g/mol. The van der Waals surface area contributed by atoms with Gasteiger partial charge in [0.2, 0.25) is 0 Å². The average Bonchev–Trinajstić information content (AvgIpc) is 2.80. The number of benzene rings is 2. The van der Waals surface area contributed by atoms with E-state index < -0.39 is 0 Å². The fraction of sp³-hybridized carbons (Fsp3) is 0.0667. The third-order valence-electron chi connectivity index (χ3n) is 3.09. The smallest absolute Gasteiger partial charge is 0.255 e. The van der Waals surface area contributed by atoms with Crippen molar-refractivity contribution in [2.24, 2.45) is 7.05 Å². The van der Waals surface area contributed by atoms with Gasteiger partial charge in [0.15, 0.2) is 0 Å². The van der Waals surface area contributed by atoms with Crippen LogP contribution in [0.15, 0.2) is 48.7 Å². The molecule has 3 aromatic rings. The Bertz CT molecular complexity index is 795. The van der Waals surface area contributed by atoms with Crippen LogP contribution in [0.1, 0.15) is 10.4 Å². The van der Waals surface area contributed by atoms with Crippen LogP contribution in [-0.4, -0.2) is 15.7 Å². The number of aryl methyl sites for hydroxylation is 1. The largest absolute Gasteiger partial charge is 0.322 e. The van der Waals surface area contributed by atoms with Crippen LogP contribution < -0.4 is 5.32 Å². The molecular formula is C15H12IN3O. The van der Waals surface area contributed by atoms with Crippen molar-refractivity contribution in [3.8, 4) is 0 Å². The van der Waals surface area contributed by atoms with Crippen LogP contribution in [-0.2, 0) is 7.05 Å². The summed E-state index contributed by atoms with van der Waals surface area (Å²) in [6, 6.07) is 13.3. The molecule has 0 radical (unpaired) electrons. The molecule has 1 N–H and O–H groups in total. The van der Waals surface area contributed by atoms with E-state index in [1.807, 2.05) is 43.4 Å². The number of anilines is 1. The third-order valence-corrected chi connectivity index (χ3v) is 3.76. The van der Waals surface area contributed by atoms with Gasteiger partial charge in [-0.25, -0.2) is 0 Å². The van der Waals surface area contributed by atoms with E-state index in [1.165, 1.54) is 0 Å². The molecule has 0 fully saturated rings. The van der Waals surface area contributed by atoms with Gasteiger partial charge >= 0.3 is 0 Å². The number of carbonyl (C=O) groups is 1. The molecule has 2 aromatic carbocycles. The Kier molecular flexibility index (Phi) is 3.43. The molecule has 0 bridgehead atoms. The Morgan fingerprint density at radius 2 is 2.10 bits per heavy atom. The number of hydrogen-bond acceptors (Lipinski definition) is 2. The minimum atomic E-state index is -0.106. The predicted octanol–water partition coefficient (Wildman–Crippen LogP) is 3.43. The first-order valence-corrected chi connectivity index (χ1v) is 7.20. The maximum Gasteiger partial charge on any atom is 0.255 e. The van der Waals surface area contributed by atoms with Gasteiger partial charge in [-0.05, 0) is 59.0 Å². The van der Waals surface area contributed by atoms with E-state index in [0.29, 0.717) is 5.56 Å². The second-order valence-electron chi connectivity index (χ2n) is 4.51. The summed E-state index contributed by atoms with van der Waals surface area (Å²) in [6.07, 6.45) is 1.81. The van der Waals surface area contributed by atoms with E-state index in [-0.39, 0.29) is 5.91 Å². The molecule has 0 saturated carbocycles. The number of rotatable bonds is 2. The fourth-order valence-corrected chi connectivity index (χ4v) is 2.60. The van der Waals surface area contributed by atoms with Gasteiger partial charge in [-0.3, -0.25) is 9.48 Å². The molecule has 0 aliphatic rings. The fourth-order valence-electron chi connectivity index (χ4n) is 2.05. The molecule has 0 spiro atoms. The quantitative estimate of drug-likeness (QED) is 0.696. The van der Waals surface area contributed by atoms with Crippen molar-refractivity contribution < 1.29 is 4.79 Å². The van der Waals surface area contributed by atoms with Crippen molar-refractivity contribution in [1.82, 2.24) is 9.78 Å². The molecule has 3 rings (SSSR count). The Labute approximate surface area is 129 Å². The maximum atomic E-state index is 12.2. The minimum Gasteiger partial charge on any atom is -0.322 e. The highest BCUT2D eigenvalue weighted by Crippen LogP contribution is 2.19. The Morgan fingerprint density at radius 1 is 1.25 bits per heavy atom. The summed E-state index contributed by atoms with van der Waals surface area (Å²) in [4.78, 5) is 12.2. The van der Waals surface area contributed by atoms with Crippen LogP contribution in [0.25, 0.3) is 10.9 Å². The van der Waals surface area contributed by atoms with Gasteiger partial charge in [0.05, 0.1) is 11.7 Å². The molecule has 0 saturated heterocycles. The van der Waals surface area contributed by atoms with E-state index in [0.717, 1.165) is 20.2 Å². The highest BCUT2D eigenvalue weighted by atomic mass is 127. The lowest BCUT2D eigenvalue weighted by Crippen LogP contribution is -2.11. The van der Waals surface area contributed by atoms with Crippen molar-refractivity contribution in [3.05, 3.63) is 57.8 Å². The molecule has 100 valence electrons. The molecule has 1 heterocycles. The van der Waals surface area contributed by atoms with Crippen LogP contribution in [0.4, 0.5) is 5.69 Å². The number of nitrogens with one attached hydrogen (secondary N) is 1. The second-order valence-corrected chi connectivity index (χ2v) is 5.75. The maximum absolute atomic E-state index is 12.2. The lowest BCUT2D eigenvalue weighted by atomic mass is 10.2. The summed E-state index contributed by atoms with van der Waals surface area (Å²) >= 11 is 2.19. The average molecular weight is 377 g/mol. The topological polar surface area (TPSA) is 46.9 Å². The van der Waals surface area contributed by atoms with Gasteiger partial charge in [0, 0.05) is 27.3 Å². The lowest BCUT2D eigenvalue weighted by molar-refractivity contribution is 0.102. The number of carbonyl (C=O) groups excluding carboxylic acids is 1. The Balaban J connectivity index is 1.89. The van der Waals surface area contributed by atoms with Crippen LogP contribution in [0.3, 0.4) is 0 Å². The van der Waals surface area contributed by atoms with E-state index in [1.54, 1.807) is 16.9 Å². The molecule has 4 nitrogen and oxygen atoms in total. The lowest BCUT2D eigenvalue weighted by Gasteiger charge is -2.06. The number of fused-ring (bicyclic) bond motifs is 1. The highest BCUT2D eigenvalue weighted by molar-refractivity contribution is 14.1. The third kappa shape index (κ3) is 2.53. The zero-order chi connectivity index (χ0) is 14.1. The minimum absolute atomic E-state index is 0.106. The summed E-state index contributed by atoms with van der Waals surface area (Å²) in [7, 11) is 1.88. The van der Waals surface area contributed by atoms with Crippen molar-refractivity contribution in [1.29, 1.82) is 0 Å². The van der Waals surface area contributed by atoms with E-state index in [2.05, 4.69) is 33.0 Å². The molecule has 0 unspecified atom stereocenters. The van der Waals surface area contributed by atoms with Crippen molar-refractivity contribution in [2.45, 2.75) is 0 Å². The van der Waals surface area contributed by atoms with E-state index in [4.69, 9.17) is 0 Å². The first-order chi connectivity index (χ1) is 9.63. The van der Waals surface area contributed by atoms with E-state index >= 15 is 0 Å². The molecule has 20 heavy (non-hydrogen) atoms. The van der Waals surface area contributed by atoms with Gasteiger partial charge < -0.3 is 5.32 Å². The normalized spacial score (nSPS) is 10.7. The van der Waals surface area contributed by atoms with Gasteiger partial charge in [-0.2, -0.15) is 5.10 Å². The summed E-state index contributed by atoms with van der Waals surface area (Å²) < 4.78 is 2.83. The molecule has 1 amide bonds. The van der Waals surface area contributed by atoms with Crippen LogP contribution in [0.2, 0.25) is 0 Å². The predicted molar refractivity (Wildman–Crippen MR) is 87.8 cm³/mol. The zero-order valence-electron chi connectivity index (χ0n) is 10.8. The van der Waals surface area contributed by atoms with Gasteiger partial charge in [0.25, 0.3) is 5.91 Å². The second kappa shape index (κ2) is 5.24. The van der Waals surface area contributed by atoms with Gasteiger partial charge in [-0.15, -0.1) is 0 Å². The standard InChI is InChI=1S/C15H12IN3O/c1-19-14-8-13(6-5-11(14)9-17-19)18-15(20)10-3-2-4-12(16)7-10/h2-9H,1H3,(H,18,20). The van der Waals surface area contributed by atoms with Crippen molar-refractivity contribution >= 4 is 45.1 Å². The van der Waals surface area contributed by atoms with Crippen molar-refractivity contribution in [3.63, 3.8) is 0 Å². The Hall–Kier alpha value is -1.89. The molecule has 0 atom stereocenters. The van der Waals surface area contributed by atoms with Crippen LogP contribution in [0, 0.1) is 3.57 Å². The number of halogens is 1. The first kappa shape index (κ1) is 13.1. The summed E-state index contributed by atoms with van der Waals surface area (Å²) in [5, 5.41) is 8.16. The first-order valence-electron chi connectivity index (χ1n) is 6.12. The van der Waals surface area contributed by atoms with Gasteiger partial charge in [-0.1, -0.05) is 6.07 Å². The molecule has 5 heteroatoms. The van der Waals surface area contributed by atoms with Crippen molar-refractivity contribution in [2.75, 3.05) is 5.32 Å². The summed E-state index contributed by atoms with van der Waals surface area (Å²) in [6.45, 7) is 0. The van der Waals surface area contributed by atoms with E-state index in [9.17, 15) is 4.79 Å². The highest BCUT2D eigenvalue weighted by Gasteiger charge is 2.07. The zero-order valence-corrected chi connectivity index (χ0v) is 13.0. The number of nitrogens with zero attached hydrogens (tertiary/aromatic N) is 2. The number of aromatic nitrogens is 2. The van der Waals surface area contributed by atoms with Gasteiger partial charge in [0.1, 0.15) is 0 Å². The summed E-state index contributed by atoms with van der Waals surface area (Å²) in [5.74, 6) is -0.106. The van der Waals surface area contributed by atoms with Crippen LogP contribution >= 0.6 is 22.6 Å². The number of amides is 1. The molecule has 1 aromatic heterocycles. The van der Waals surface area contributed by atoms with Crippen LogP contribution in [0.5, 0.6) is 0 Å². The SMILES string of the molecule is Cn1ncc2ccc(NC(=O)c3cccc(I)c3)cc21. The molecule has 0 aliphatic carbocycles. The molecule has 0 aliphatic heterocycles. The Morgan fingerprint density at radius 3 is 2.90 bits per heavy atom. The molecular weight excluding hydrogens is 365 g/mol. The number of hydrogen-bond donors (Lipinski definition) is 1.